The van der Waals surface area contributed by atoms with Gasteiger partial charge in [0.1, 0.15) is 0 Å². The lowest BCUT2D eigenvalue weighted by molar-refractivity contribution is -0.110. The molecule has 1 aromatic carbocycles. The van der Waals surface area contributed by atoms with Crippen LogP contribution in [0, 0.1) is 6.92 Å². The summed E-state index contributed by atoms with van der Waals surface area (Å²) in [5, 5.41) is 9.37. The van der Waals surface area contributed by atoms with Crippen molar-refractivity contribution in [3.05, 3.63) is 82.4 Å². The second-order valence-electron chi connectivity index (χ2n) is 8.59. The molecule has 1 fully saturated rings. The zero-order chi connectivity index (χ0) is 22.8. The van der Waals surface area contributed by atoms with Crippen molar-refractivity contribution in [1.29, 1.82) is 0 Å². The fourth-order valence-electron chi connectivity index (χ4n) is 4.71. The van der Waals surface area contributed by atoms with Gasteiger partial charge >= 0.3 is 0 Å². The second kappa shape index (κ2) is 9.03. The molecule has 1 saturated heterocycles. The van der Waals surface area contributed by atoms with E-state index in [1.54, 1.807) is 18.6 Å². The highest BCUT2D eigenvalue weighted by Crippen LogP contribution is 2.41. The summed E-state index contributed by atoms with van der Waals surface area (Å²) in [5.74, 6) is 0.164. The number of aromatic amines is 1. The van der Waals surface area contributed by atoms with Crippen LogP contribution in [0.25, 0.3) is 11.6 Å². The number of nitrogens with zero attached hydrogens (tertiary/aromatic N) is 1. The molecular weight excluding hydrogens is 414 g/mol. The van der Waals surface area contributed by atoms with Gasteiger partial charge in [0.15, 0.2) is 0 Å². The van der Waals surface area contributed by atoms with Crippen LogP contribution in [0.5, 0.6) is 0 Å². The molecule has 0 radical (unpaired) electrons. The van der Waals surface area contributed by atoms with Gasteiger partial charge in [0.2, 0.25) is 0 Å². The van der Waals surface area contributed by atoms with Gasteiger partial charge in [-0.1, -0.05) is 12.1 Å². The smallest absolute Gasteiger partial charge is 0.256 e. The Morgan fingerprint density at radius 1 is 1.18 bits per heavy atom. The van der Waals surface area contributed by atoms with E-state index in [1.807, 2.05) is 37.3 Å². The van der Waals surface area contributed by atoms with E-state index in [4.69, 9.17) is 0 Å². The van der Waals surface area contributed by atoms with E-state index in [9.17, 15) is 9.59 Å². The lowest BCUT2D eigenvalue weighted by Crippen LogP contribution is -2.27. The summed E-state index contributed by atoms with van der Waals surface area (Å²) >= 11 is 0. The molecule has 2 aromatic heterocycles. The van der Waals surface area contributed by atoms with Crippen molar-refractivity contribution in [2.24, 2.45) is 0 Å². The van der Waals surface area contributed by atoms with Crippen molar-refractivity contribution in [1.82, 2.24) is 20.6 Å². The van der Waals surface area contributed by atoms with Crippen molar-refractivity contribution in [2.45, 2.75) is 32.2 Å². The second-order valence-corrected chi connectivity index (χ2v) is 8.59. The van der Waals surface area contributed by atoms with Crippen molar-refractivity contribution in [3.8, 4) is 0 Å². The molecule has 0 spiro atoms. The average molecular weight is 442 g/mol. The Bertz CT molecular complexity index is 1220. The predicted octanol–water partition coefficient (Wildman–Crippen LogP) is 3.61. The average Bonchev–Trinajstić information content (AvgIpc) is 3.38. The number of benzene rings is 1. The summed E-state index contributed by atoms with van der Waals surface area (Å²) in [7, 11) is 0. The molecule has 4 N–H and O–H groups in total. The summed E-state index contributed by atoms with van der Waals surface area (Å²) in [6.45, 7) is 4.30. The normalized spacial score (nSPS) is 17.1. The topological polar surface area (TPSA) is 98.9 Å². The molecule has 7 nitrogen and oxygen atoms in total. The molecule has 33 heavy (non-hydrogen) atoms. The van der Waals surface area contributed by atoms with Crippen LogP contribution in [0.2, 0.25) is 0 Å². The minimum absolute atomic E-state index is 0.107. The molecule has 3 aromatic rings. The monoisotopic (exact) mass is 441 g/mol. The number of H-pyrrole nitrogens is 1. The first-order valence-corrected chi connectivity index (χ1v) is 11.3. The van der Waals surface area contributed by atoms with E-state index in [1.165, 1.54) is 5.56 Å². The van der Waals surface area contributed by atoms with Gasteiger partial charge in [-0.2, -0.15) is 0 Å². The third-order valence-electron chi connectivity index (χ3n) is 6.55. The maximum Gasteiger partial charge on any atom is 0.256 e. The number of hydrogen-bond acceptors (Lipinski definition) is 4. The number of pyridine rings is 1. The van der Waals surface area contributed by atoms with Crippen LogP contribution in [0.3, 0.4) is 0 Å². The zero-order valence-electron chi connectivity index (χ0n) is 18.6. The van der Waals surface area contributed by atoms with Crippen LogP contribution >= 0.6 is 0 Å². The molecule has 0 aliphatic carbocycles. The van der Waals surface area contributed by atoms with Gasteiger partial charge in [0, 0.05) is 42.1 Å². The summed E-state index contributed by atoms with van der Waals surface area (Å²) in [4.78, 5) is 32.8. The fraction of sp³-hybridized carbons (Fsp3) is 0.269. The number of carbonyl (C=O) groups is 2. The van der Waals surface area contributed by atoms with E-state index >= 15 is 0 Å². The molecule has 0 saturated carbocycles. The molecule has 2 amide bonds. The molecule has 0 unspecified atom stereocenters. The number of carbonyl (C=O) groups excluding carboxylic acids is 2. The highest BCUT2D eigenvalue weighted by atomic mass is 16.2. The largest absolute Gasteiger partial charge is 0.361 e. The van der Waals surface area contributed by atoms with Crippen LogP contribution in [0.1, 0.15) is 57.1 Å². The van der Waals surface area contributed by atoms with E-state index < -0.39 is 0 Å². The molecule has 4 heterocycles. The number of aromatic nitrogens is 2. The van der Waals surface area contributed by atoms with Crippen molar-refractivity contribution in [3.63, 3.8) is 0 Å². The van der Waals surface area contributed by atoms with Crippen LogP contribution in [-0.2, 0) is 11.3 Å². The zero-order valence-corrected chi connectivity index (χ0v) is 18.6. The Balaban J connectivity index is 1.42. The quantitative estimate of drug-likeness (QED) is 0.455. The molecule has 0 bridgehead atoms. The molecule has 168 valence electrons. The molecule has 2 aliphatic heterocycles. The fourth-order valence-corrected chi connectivity index (χ4v) is 4.71. The lowest BCUT2D eigenvalue weighted by atomic mass is 9.85. The van der Waals surface area contributed by atoms with Crippen molar-refractivity contribution in [2.75, 3.05) is 18.4 Å². The van der Waals surface area contributed by atoms with Gasteiger partial charge in [-0.25, -0.2) is 0 Å². The number of piperidine rings is 1. The Kier molecular flexibility index (Phi) is 5.79. The van der Waals surface area contributed by atoms with Gasteiger partial charge in [-0.05, 0) is 79.7 Å². The first-order chi connectivity index (χ1) is 16.1. The maximum absolute atomic E-state index is 12.9. The third-order valence-corrected chi connectivity index (χ3v) is 6.55. The minimum Gasteiger partial charge on any atom is -0.361 e. The maximum atomic E-state index is 12.9. The van der Waals surface area contributed by atoms with Crippen molar-refractivity contribution >= 4 is 29.2 Å². The Labute approximate surface area is 192 Å². The first kappa shape index (κ1) is 21.2. The number of fused-ring (bicyclic) bond motifs is 1. The summed E-state index contributed by atoms with van der Waals surface area (Å²) in [5.41, 5.74) is 6.86. The molecule has 7 heteroatoms. The van der Waals surface area contributed by atoms with Crippen LogP contribution in [-0.4, -0.2) is 34.9 Å². The standard InChI is InChI=1S/C26H27N5O2/c1-16-21(25(32)30-14-17-5-9-27-10-6-17)15-29-23(16)13-20-24-19(18-7-11-28-12-8-18)3-2-4-22(24)31-26(20)33/h2-6,9-10,13,15,18,28-29H,7-8,11-12,14H2,1H3,(H,30,32)(H,31,33)/b20-13-. The van der Waals surface area contributed by atoms with Crippen LogP contribution in [0.4, 0.5) is 5.69 Å². The van der Waals surface area contributed by atoms with Gasteiger partial charge in [-0.15, -0.1) is 0 Å². The number of anilines is 1. The molecular formula is C26H27N5O2. The lowest BCUT2D eigenvalue weighted by Gasteiger charge is -2.25. The van der Waals surface area contributed by atoms with Gasteiger partial charge in [0.25, 0.3) is 11.8 Å². The number of amides is 2. The van der Waals surface area contributed by atoms with Gasteiger partial charge < -0.3 is 20.9 Å². The Morgan fingerprint density at radius 3 is 2.76 bits per heavy atom. The molecule has 5 rings (SSSR count). The number of rotatable bonds is 5. The summed E-state index contributed by atoms with van der Waals surface area (Å²) in [6.07, 6.45) is 9.10. The van der Waals surface area contributed by atoms with E-state index in [-0.39, 0.29) is 11.8 Å². The highest BCUT2D eigenvalue weighted by Gasteiger charge is 2.30. The van der Waals surface area contributed by atoms with E-state index in [0.717, 1.165) is 54.0 Å². The molecule has 0 atom stereocenters. The number of nitrogens with one attached hydrogen (secondary N) is 4. The first-order valence-electron chi connectivity index (χ1n) is 11.3. The highest BCUT2D eigenvalue weighted by molar-refractivity contribution is 6.35. The summed E-state index contributed by atoms with van der Waals surface area (Å²) in [6, 6.07) is 9.86. The summed E-state index contributed by atoms with van der Waals surface area (Å²) < 4.78 is 0. The van der Waals surface area contributed by atoms with E-state index in [0.29, 0.717) is 23.6 Å². The van der Waals surface area contributed by atoms with Crippen LogP contribution in [0.15, 0.2) is 48.9 Å². The Morgan fingerprint density at radius 2 is 1.97 bits per heavy atom. The Hall–Kier alpha value is -3.71. The van der Waals surface area contributed by atoms with Crippen LogP contribution < -0.4 is 16.0 Å². The van der Waals surface area contributed by atoms with E-state index in [2.05, 4.69) is 32.0 Å². The molecule has 2 aliphatic rings. The van der Waals surface area contributed by atoms with Gasteiger partial charge in [0.05, 0.1) is 11.1 Å². The minimum atomic E-state index is -0.156. The van der Waals surface area contributed by atoms with Crippen molar-refractivity contribution < 1.29 is 9.59 Å². The number of hydrogen-bond donors (Lipinski definition) is 4. The van der Waals surface area contributed by atoms with Gasteiger partial charge in [-0.3, -0.25) is 14.6 Å². The predicted molar refractivity (Wildman–Crippen MR) is 129 cm³/mol. The third kappa shape index (κ3) is 4.19. The SMILES string of the molecule is Cc1c(C(=O)NCc2ccncc2)c[nH]c1/C=C1\C(=O)Nc2cccc(C3CCNCC3)c21.